The Hall–Kier alpha value is -2.86. The van der Waals surface area contributed by atoms with E-state index in [0.717, 1.165) is 35.3 Å². The lowest BCUT2D eigenvalue weighted by Gasteiger charge is -2.35. The van der Waals surface area contributed by atoms with Gasteiger partial charge in [0.2, 0.25) is 0 Å². The molecule has 5 rings (SSSR count). The van der Waals surface area contributed by atoms with Crippen molar-refractivity contribution in [2.75, 3.05) is 26.3 Å². The number of carbonyl (C=O) groups is 1. The van der Waals surface area contributed by atoms with Crippen LogP contribution in [0.1, 0.15) is 73.8 Å². The van der Waals surface area contributed by atoms with Crippen molar-refractivity contribution in [3.63, 3.8) is 0 Å². The molecule has 0 aromatic heterocycles. The molecule has 2 fully saturated rings. The van der Waals surface area contributed by atoms with E-state index in [2.05, 4.69) is 6.07 Å². The summed E-state index contributed by atoms with van der Waals surface area (Å²) in [7, 11) is 0. The summed E-state index contributed by atoms with van der Waals surface area (Å²) in [4.78, 5) is 14.2. The lowest BCUT2D eigenvalue weighted by atomic mass is 9.87. The first-order chi connectivity index (χ1) is 16.3. The minimum absolute atomic E-state index is 0.245. The van der Waals surface area contributed by atoms with Gasteiger partial charge in [-0.3, -0.25) is 0 Å². The topological polar surface area (TPSA) is 48.0 Å². The Morgan fingerprint density at radius 1 is 1.06 bits per heavy atom. The zero-order chi connectivity index (χ0) is 23.9. The number of benzene rings is 2. The average Bonchev–Trinajstić information content (AvgIpc) is 2.76. The maximum Gasteiger partial charge on any atom is 0.410 e. The van der Waals surface area contributed by atoms with Gasteiger partial charge >= 0.3 is 6.09 Å². The molecule has 0 saturated carbocycles. The van der Waals surface area contributed by atoms with Crippen molar-refractivity contribution in [2.45, 2.75) is 57.2 Å². The highest BCUT2D eigenvalue weighted by atomic mass is 19.1. The molecule has 2 saturated heterocycles. The number of nitrogens with zero attached hydrogens (tertiary/aromatic N) is 1. The first-order valence-electron chi connectivity index (χ1n) is 12.1. The largest absolute Gasteiger partial charge is 0.481 e. The second-order valence-electron chi connectivity index (χ2n) is 10.4. The minimum atomic E-state index is -0.499. The van der Waals surface area contributed by atoms with Crippen LogP contribution < -0.4 is 4.74 Å². The van der Waals surface area contributed by atoms with Gasteiger partial charge in [0.05, 0.1) is 13.2 Å². The van der Waals surface area contributed by atoms with E-state index in [1.807, 2.05) is 57.2 Å². The van der Waals surface area contributed by atoms with Gasteiger partial charge in [-0.25, -0.2) is 9.18 Å². The van der Waals surface area contributed by atoms with Crippen molar-refractivity contribution in [1.29, 1.82) is 0 Å². The normalized spacial score (nSPS) is 20.9. The van der Waals surface area contributed by atoms with Gasteiger partial charge in [-0.15, -0.1) is 0 Å². The Morgan fingerprint density at radius 3 is 2.47 bits per heavy atom. The van der Waals surface area contributed by atoms with Crippen LogP contribution in [0, 0.1) is 5.82 Å². The van der Waals surface area contributed by atoms with Crippen molar-refractivity contribution < 1.29 is 23.4 Å². The fraction of sp³-hybridized carbons (Fsp3) is 0.464. The molecular formula is C28H32FNO4. The van der Waals surface area contributed by atoms with Crippen LogP contribution in [-0.2, 0) is 9.47 Å². The average molecular weight is 466 g/mol. The lowest BCUT2D eigenvalue weighted by molar-refractivity contribution is 0.00829. The van der Waals surface area contributed by atoms with Crippen LogP contribution in [0.15, 0.2) is 42.5 Å². The molecule has 0 aliphatic carbocycles. The predicted molar refractivity (Wildman–Crippen MR) is 129 cm³/mol. The minimum Gasteiger partial charge on any atom is -0.481 e. The van der Waals surface area contributed by atoms with E-state index in [9.17, 15) is 4.79 Å². The van der Waals surface area contributed by atoms with Crippen molar-refractivity contribution in [3.8, 4) is 5.75 Å². The van der Waals surface area contributed by atoms with Crippen molar-refractivity contribution in [1.82, 2.24) is 4.90 Å². The number of likely N-dealkylation sites (tertiary alicyclic amines) is 1. The van der Waals surface area contributed by atoms with Crippen LogP contribution >= 0.6 is 0 Å². The maximum absolute atomic E-state index is 15.0. The SMILES string of the molecule is CC(C)(C)OC(=O)N1CCC(c2cccc3c2OC(c2ccc(C4COC4)cc2F)C=C3)CC1. The summed E-state index contributed by atoms with van der Waals surface area (Å²) in [5, 5.41) is 0. The summed E-state index contributed by atoms with van der Waals surface area (Å²) >= 11 is 0. The second-order valence-corrected chi connectivity index (χ2v) is 10.4. The molecule has 2 aromatic carbocycles. The van der Waals surface area contributed by atoms with Crippen LogP contribution in [0.5, 0.6) is 5.75 Å². The quantitative estimate of drug-likeness (QED) is 0.541. The number of hydrogen-bond acceptors (Lipinski definition) is 4. The molecular weight excluding hydrogens is 433 g/mol. The number of carbonyl (C=O) groups excluding carboxylic acids is 1. The summed E-state index contributed by atoms with van der Waals surface area (Å²) in [6.07, 6.45) is 4.88. The van der Waals surface area contributed by atoms with Crippen LogP contribution in [0.3, 0.4) is 0 Å². The van der Waals surface area contributed by atoms with E-state index in [1.165, 1.54) is 0 Å². The van der Waals surface area contributed by atoms with Gasteiger partial charge in [0.15, 0.2) is 0 Å². The van der Waals surface area contributed by atoms with Crippen LogP contribution in [0.2, 0.25) is 0 Å². The van der Waals surface area contributed by atoms with E-state index in [4.69, 9.17) is 14.2 Å². The number of ether oxygens (including phenoxy) is 3. The molecule has 0 bridgehead atoms. The molecule has 3 aliphatic rings. The second kappa shape index (κ2) is 9.06. The molecule has 3 aliphatic heterocycles. The van der Waals surface area contributed by atoms with Gasteiger partial charge in [0.25, 0.3) is 0 Å². The van der Waals surface area contributed by atoms with E-state index >= 15 is 4.39 Å². The third-order valence-corrected chi connectivity index (χ3v) is 6.80. The zero-order valence-corrected chi connectivity index (χ0v) is 20.1. The third kappa shape index (κ3) is 4.69. The van der Waals surface area contributed by atoms with Crippen molar-refractivity contribution in [2.24, 2.45) is 0 Å². The molecule has 180 valence electrons. The molecule has 5 nitrogen and oxygen atoms in total. The van der Waals surface area contributed by atoms with Gasteiger partial charge in [0, 0.05) is 30.1 Å². The Balaban J connectivity index is 1.30. The Labute approximate surface area is 200 Å². The number of para-hydroxylation sites is 1. The first-order valence-corrected chi connectivity index (χ1v) is 12.1. The lowest BCUT2D eigenvalue weighted by Crippen LogP contribution is -2.41. The molecule has 2 aromatic rings. The highest BCUT2D eigenvalue weighted by molar-refractivity contribution is 5.68. The van der Waals surface area contributed by atoms with Crippen LogP contribution in [0.25, 0.3) is 6.08 Å². The van der Waals surface area contributed by atoms with Gasteiger partial charge in [-0.05, 0) is 62.8 Å². The van der Waals surface area contributed by atoms with E-state index in [0.29, 0.717) is 31.9 Å². The molecule has 1 amide bonds. The molecule has 3 heterocycles. The van der Waals surface area contributed by atoms with Gasteiger partial charge in [0.1, 0.15) is 23.3 Å². The van der Waals surface area contributed by atoms with Crippen LogP contribution in [-0.4, -0.2) is 42.9 Å². The van der Waals surface area contributed by atoms with Gasteiger partial charge < -0.3 is 19.1 Å². The number of fused-ring (bicyclic) bond motifs is 1. The summed E-state index contributed by atoms with van der Waals surface area (Å²) in [6, 6.07) is 11.6. The predicted octanol–water partition coefficient (Wildman–Crippen LogP) is 6.20. The summed E-state index contributed by atoms with van der Waals surface area (Å²) in [6.45, 7) is 8.24. The smallest absolute Gasteiger partial charge is 0.410 e. The van der Waals surface area contributed by atoms with Gasteiger partial charge in [-0.1, -0.05) is 36.4 Å². The molecule has 0 N–H and O–H groups in total. The monoisotopic (exact) mass is 465 g/mol. The van der Waals surface area contributed by atoms with Crippen LogP contribution in [0.4, 0.5) is 9.18 Å². The zero-order valence-electron chi connectivity index (χ0n) is 20.1. The summed E-state index contributed by atoms with van der Waals surface area (Å²) in [5.74, 6) is 1.13. The summed E-state index contributed by atoms with van der Waals surface area (Å²) in [5.41, 5.74) is 3.15. The number of halogens is 1. The molecule has 1 atom stereocenters. The third-order valence-electron chi connectivity index (χ3n) is 6.80. The molecule has 0 radical (unpaired) electrons. The fourth-order valence-corrected chi connectivity index (χ4v) is 4.84. The highest BCUT2D eigenvalue weighted by Gasteiger charge is 2.31. The Bertz CT molecular complexity index is 1090. The van der Waals surface area contributed by atoms with E-state index < -0.39 is 11.7 Å². The first kappa shape index (κ1) is 22.9. The Morgan fingerprint density at radius 2 is 1.82 bits per heavy atom. The van der Waals surface area contributed by atoms with Gasteiger partial charge in [-0.2, -0.15) is 0 Å². The van der Waals surface area contributed by atoms with Crippen molar-refractivity contribution in [3.05, 3.63) is 70.5 Å². The number of hydrogen-bond donors (Lipinski definition) is 0. The maximum atomic E-state index is 15.0. The summed E-state index contributed by atoms with van der Waals surface area (Å²) < 4.78 is 32.2. The Kier molecular flexibility index (Phi) is 6.11. The highest BCUT2D eigenvalue weighted by Crippen LogP contribution is 2.42. The molecule has 6 heteroatoms. The fourth-order valence-electron chi connectivity index (χ4n) is 4.84. The van der Waals surface area contributed by atoms with Crippen molar-refractivity contribution >= 4 is 12.2 Å². The van der Waals surface area contributed by atoms with E-state index in [1.54, 1.807) is 11.0 Å². The number of piperidine rings is 1. The molecule has 1 unspecified atom stereocenters. The molecule has 34 heavy (non-hydrogen) atoms. The number of amides is 1. The van der Waals surface area contributed by atoms with E-state index in [-0.39, 0.29) is 23.7 Å². The molecule has 0 spiro atoms. The standard InChI is InChI=1S/C28H32FNO4/c1-28(2,3)34-27(31)30-13-11-18(12-14-30)22-6-4-5-19-8-10-25(33-26(19)22)23-9-7-20(15-24(23)29)21-16-32-17-21/h4-10,15,18,21,25H,11-14,16-17H2,1-3H3. The number of rotatable bonds is 3.